The Hall–Kier alpha value is -1.05. The number of likely N-dealkylation sites (N-methyl/N-ethyl adjacent to an activating group) is 1. The quantitative estimate of drug-likeness (QED) is 0.824. The van der Waals surface area contributed by atoms with Crippen LogP contribution in [0.2, 0.25) is 0 Å². The molecule has 0 bridgehead atoms. The van der Waals surface area contributed by atoms with Crippen molar-refractivity contribution in [2.45, 2.75) is 11.3 Å². The molecule has 0 radical (unpaired) electrons. The topological polar surface area (TPSA) is 40.6 Å². The zero-order valence-corrected chi connectivity index (χ0v) is 11.5. The Bertz CT molecular complexity index is 543. The molecule has 1 fully saturated rings. The number of benzene rings is 1. The maximum atomic E-state index is 13.6. The van der Waals surface area contributed by atoms with Crippen molar-refractivity contribution < 1.29 is 17.2 Å². The van der Waals surface area contributed by atoms with E-state index in [1.165, 1.54) is 0 Å². The van der Waals surface area contributed by atoms with Crippen LogP contribution in [0.25, 0.3) is 0 Å². The predicted octanol–water partition coefficient (Wildman–Crippen LogP) is 1.29. The van der Waals surface area contributed by atoms with E-state index < -0.39 is 26.6 Å². The second-order valence-electron chi connectivity index (χ2n) is 4.61. The Morgan fingerprint density at radius 3 is 2.32 bits per heavy atom. The van der Waals surface area contributed by atoms with Crippen molar-refractivity contribution in [2.75, 3.05) is 33.2 Å². The molecule has 1 aliphatic rings. The van der Waals surface area contributed by atoms with E-state index in [9.17, 15) is 17.2 Å². The molecule has 0 unspecified atom stereocenters. The number of rotatable bonds is 2. The van der Waals surface area contributed by atoms with E-state index in [2.05, 4.69) is 0 Å². The summed E-state index contributed by atoms with van der Waals surface area (Å²) in [5.74, 6) is -2.09. The second-order valence-corrected chi connectivity index (χ2v) is 6.49. The Balaban J connectivity index is 2.37. The van der Waals surface area contributed by atoms with Gasteiger partial charge in [0.2, 0.25) is 10.0 Å². The number of nitrogens with zero attached hydrogens (tertiary/aromatic N) is 2. The van der Waals surface area contributed by atoms with Crippen LogP contribution < -0.4 is 0 Å². The minimum absolute atomic E-state index is 0.243. The van der Waals surface area contributed by atoms with Crippen LogP contribution in [0.5, 0.6) is 0 Å². The molecule has 2 rings (SSSR count). The van der Waals surface area contributed by atoms with Crippen LogP contribution in [0.4, 0.5) is 8.78 Å². The van der Waals surface area contributed by atoms with Crippen molar-refractivity contribution in [1.82, 2.24) is 9.21 Å². The fourth-order valence-corrected chi connectivity index (χ4v) is 3.70. The van der Waals surface area contributed by atoms with Crippen LogP contribution in [-0.2, 0) is 10.0 Å². The van der Waals surface area contributed by atoms with Gasteiger partial charge in [-0.2, -0.15) is 4.31 Å². The zero-order chi connectivity index (χ0) is 14.0. The van der Waals surface area contributed by atoms with Crippen LogP contribution in [-0.4, -0.2) is 50.8 Å². The summed E-state index contributed by atoms with van der Waals surface area (Å²) in [5, 5.41) is 0. The van der Waals surface area contributed by atoms with Gasteiger partial charge in [-0.25, -0.2) is 17.2 Å². The molecule has 19 heavy (non-hydrogen) atoms. The van der Waals surface area contributed by atoms with Gasteiger partial charge in [-0.05, 0) is 32.1 Å². The van der Waals surface area contributed by atoms with Gasteiger partial charge < -0.3 is 4.90 Å². The third kappa shape index (κ3) is 2.93. The monoisotopic (exact) mass is 290 g/mol. The minimum atomic E-state index is -4.11. The summed E-state index contributed by atoms with van der Waals surface area (Å²) in [6, 6.07) is 3.07. The largest absolute Gasteiger partial charge is 0.305 e. The summed E-state index contributed by atoms with van der Waals surface area (Å²) in [4.78, 5) is 1.15. The Morgan fingerprint density at radius 1 is 1.05 bits per heavy atom. The highest BCUT2D eigenvalue weighted by Crippen LogP contribution is 2.23. The third-order valence-electron chi connectivity index (χ3n) is 3.20. The summed E-state index contributed by atoms with van der Waals surface area (Å²) < 4.78 is 53.0. The number of sulfonamides is 1. The molecular weight excluding hydrogens is 274 g/mol. The zero-order valence-electron chi connectivity index (χ0n) is 10.6. The fraction of sp³-hybridized carbons (Fsp3) is 0.500. The summed E-state index contributed by atoms with van der Waals surface area (Å²) >= 11 is 0. The van der Waals surface area contributed by atoms with Crippen molar-refractivity contribution in [3.8, 4) is 0 Å². The summed E-state index contributed by atoms with van der Waals surface area (Å²) in [6.45, 7) is 1.84. The first-order chi connectivity index (χ1) is 8.93. The average molecular weight is 290 g/mol. The molecule has 0 N–H and O–H groups in total. The Labute approximate surface area is 111 Å². The average Bonchev–Trinajstić information content (AvgIpc) is 2.53. The molecule has 1 saturated heterocycles. The van der Waals surface area contributed by atoms with E-state index in [-0.39, 0.29) is 13.1 Å². The second kappa shape index (κ2) is 5.52. The van der Waals surface area contributed by atoms with E-state index in [0.717, 1.165) is 29.0 Å². The predicted molar refractivity (Wildman–Crippen MR) is 67.2 cm³/mol. The van der Waals surface area contributed by atoms with Gasteiger partial charge in [0.15, 0.2) is 4.90 Å². The highest BCUT2D eigenvalue weighted by molar-refractivity contribution is 7.89. The SMILES string of the molecule is CN1CCCN(S(=O)(=O)c2c(F)cccc2F)CC1. The Kier molecular flexibility index (Phi) is 4.17. The molecule has 7 heteroatoms. The molecule has 4 nitrogen and oxygen atoms in total. The van der Waals surface area contributed by atoms with Crippen molar-refractivity contribution in [3.63, 3.8) is 0 Å². The lowest BCUT2D eigenvalue weighted by Gasteiger charge is -2.20. The van der Waals surface area contributed by atoms with Gasteiger partial charge >= 0.3 is 0 Å². The smallest absolute Gasteiger partial charge is 0.248 e. The fourth-order valence-electron chi connectivity index (χ4n) is 2.12. The van der Waals surface area contributed by atoms with Crippen LogP contribution in [0, 0.1) is 11.6 Å². The maximum absolute atomic E-state index is 13.6. The highest BCUT2D eigenvalue weighted by Gasteiger charge is 2.31. The van der Waals surface area contributed by atoms with Crippen LogP contribution in [0.3, 0.4) is 0 Å². The molecular formula is C12H16F2N2O2S. The van der Waals surface area contributed by atoms with E-state index in [4.69, 9.17) is 0 Å². The molecule has 0 aliphatic carbocycles. The van der Waals surface area contributed by atoms with Gasteiger partial charge in [0, 0.05) is 19.6 Å². The molecule has 1 aromatic carbocycles. The molecule has 0 spiro atoms. The summed E-state index contributed by atoms with van der Waals surface area (Å²) in [7, 11) is -2.22. The van der Waals surface area contributed by atoms with Crippen molar-refractivity contribution in [2.24, 2.45) is 0 Å². The number of hydrogen-bond donors (Lipinski definition) is 0. The van der Waals surface area contributed by atoms with Gasteiger partial charge in [0.05, 0.1) is 0 Å². The lowest BCUT2D eigenvalue weighted by Crippen LogP contribution is -2.35. The van der Waals surface area contributed by atoms with E-state index in [1.54, 1.807) is 0 Å². The van der Waals surface area contributed by atoms with Gasteiger partial charge in [-0.3, -0.25) is 0 Å². The van der Waals surface area contributed by atoms with Gasteiger partial charge in [0.1, 0.15) is 11.6 Å². The normalized spacial score (nSPS) is 19.3. The van der Waals surface area contributed by atoms with Crippen LogP contribution >= 0.6 is 0 Å². The minimum Gasteiger partial charge on any atom is -0.305 e. The molecule has 1 aromatic rings. The third-order valence-corrected chi connectivity index (χ3v) is 5.15. The van der Waals surface area contributed by atoms with E-state index in [1.807, 2.05) is 11.9 Å². The number of hydrogen-bond acceptors (Lipinski definition) is 3. The number of halogens is 2. The first-order valence-corrected chi connectivity index (χ1v) is 7.49. The standard InChI is InChI=1S/C12H16F2N2O2S/c1-15-6-3-7-16(9-8-15)19(17,18)12-10(13)4-2-5-11(12)14/h2,4-5H,3,6-9H2,1H3. The van der Waals surface area contributed by atoms with Crippen molar-refractivity contribution in [1.29, 1.82) is 0 Å². The van der Waals surface area contributed by atoms with Gasteiger partial charge in [-0.15, -0.1) is 0 Å². The maximum Gasteiger partial charge on any atom is 0.248 e. The Morgan fingerprint density at radius 2 is 1.68 bits per heavy atom. The van der Waals surface area contributed by atoms with Crippen LogP contribution in [0.15, 0.2) is 23.1 Å². The van der Waals surface area contributed by atoms with Crippen molar-refractivity contribution in [3.05, 3.63) is 29.8 Å². The molecule has 1 aliphatic heterocycles. The first-order valence-electron chi connectivity index (χ1n) is 6.05. The molecule has 0 aromatic heterocycles. The van der Waals surface area contributed by atoms with Crippen molar-refractivity contribution >= 4 is 10.0 Å². The summed E-state index contributed by atoms with van der Waals surface area (Å²) in [5.41, 5.74) is 0. The first kappa shape index (κ1) is 14.4. The molecule has 0 saturated carbocycles. The highest BCUT2D eigenvalue weighted by atomic mass is 32.2. The molecule has 106 valence electrons. The molecule has 0 atom stereocenters. The lowest BCUT2D eigenvalue weighted by atomic mass is 10.3. The van der Waals surface area contributed by atoms with Gasteiger partial charge in [0.25, 0.3) is 0 Å². The van der Waals surface area contributed by atoms with Crippen LogP contribution in [0.1, 0.15) is 6.42 Å². The summed E-state index contributed by atoms with van der Waals surface area (Å²) in [6.07, 6.45) is 0.645. The van der Waals surface area contributed by atoms with E-state index >= 15 is 0 Å². The van der Waals surface area contributed by atoms with Gasteiger partial charge in [-0.1, -0.05) is 6.07 Å². The lowest BCUT2D eigenvalue weighted by molar-refractivity contribution is 0.346. The molecule has 0 amide bonds. The van der Waals surface area contributed by atoms with E-state index in [0.29, 0.717) is 13.0 Å². The molecule has 1 heterocycles.